The third kappa shape index (κ3) is 3.46. The number of aromatic nitrogens is 1. The monoisotopic (exact) mass is 266 g/mol. The molecular weight excluding hydrogens is 244 g/mol. The first-order valence-corrected chi connectivity index (χ1v) is 7.22. The highest BCUT2D eigenvalue weighted by atomic mass is 35.5. The molecule has 1 fully saturated rings. The van der Waals surface area contributed by atoms with Crippen molar-refractivity contribution in [3.63, 3.8) is 0 Å². The Labute approximate surface area is 115 Å². The first-order valence-electron chi connectivity index (χ1n) is 6.84. The molecule has 18 heavy (non-hydrogen) atoms. The van der Waals surface area contributed by atoms with Crippen molar-refractivity contribution in [1.82, 2.24) is 9.88 Å². The van der Waals surface area contributed by atoms with E-state index >= 15 is 0 Å². The van der Waals surface area contributed by atoms with Gasteiger partial charge < -0.3 is 4.90 Å². The van der Waals surface area contributed by atoms with Crippen LogP contribution in [0.1, 0.15) is 44.9 Å². The summed E-state index contributed by atoms with van der Waals surface area (Å²) in [7, 11) is 0. The van der Waals surface area contributed by atoms with Crippen molar-refractivity contribution in [2.24, 2.45) is 0 Å². The average molecular weight is 267 g/mol. The van der Waals surface area contributed by atoms with E-state index in [1.165, 1.54) is 37.2 Å². The zero-order chi connectivity index (χ0) is 13.2. The van der Waals surface area contributed by atoms with E-state index in [2.05, 4.69) is 36.7 Å². The molecule has 1 aliphatic heterocycles. The maximum Gasteiger partial charge on any atom is 0.0592 e. The normalized spacial score (nSPS) is 17.3. The van der Waals surface area contributed by atoms with Crippen LogP contribution in [0.15, 0.2) is 12.3 Å². The fraction of sp³-hybridized carbons (Fsp3) is 0.667. The third-order valence-corrected chi connectivity index (χ3v) is 3.75. The van der Waals surface area contributed by atoms with Crippen LogP contribution in [0.3, 0.4) is 0 Å². The second kappa shape index (κ2) is 5.58. The van der Waals surface area contributed by atoms with Gasteiger partial charge in [0.15, 0.2) is 0 Å². The summed E-state index contributed by atoms with van der Waals surface area (Å²) in [5.41, 5.74) is 2.58. The van der Waals surface area contributed by atoms with Gasteiger partial charge in [0.1, 0.15) is 0 Å². The van der Waals surface area contributed by atoms with Crippen molar-refractivity contribution in [3.8, 4) is 0 Å². The number of hydrogen-bond acceptors (Lipinski definition) is 2. The van der Waals surface area contributed by atoms with Crippen LogP contribution in [0, 0.1) is 0 Å². The van der Waals surface area contributed by atoms with E-state index in [-0.39, 0.29) is 5.41 Å². The Morgan fingerprint density at radius 1 is 1.28 bits per heavy atom. The summed E-state index contributed by atoms with van der Waals surface area (Å²) in [6, 6.07) is 2.09. The smallest absolute Gasteiger partial charge is 0.0592 e. The van der Waals surface area contributed by atoms with Crippen LogP contribution in [-0.4, -0.2) is 29.5 Å². The number of rotatable bonds is 3. The maximum atomic E-state index is 6.09. The second-order valence-electron chi connectivity index (χ2n) is 6.21. The molecule has 0 bridgehead atoms. The molecule has 0 spiro atoms. The summed E-state index contributed by atoms with van der Waals surface area (Å²) < 4.78 is 0. The Balaban J connectivity index is 2.12. The summed E-state index contributed by atoms with van der Waals surface area (Å²) in [4.78, 5) is 7.08. The minimum absolute atomic E-state index is 0.0882. The van der Waals surface area contributed by atoms with Crippen molar-refractivity contribution < 1.29 is 0 Å². The molecule has 0 saturated carbocycles. The van der Waals surface area contributed by atoms with E-state index in [1.54, 1.807) is 6.20 Å². The SMILES string of the molecule is CC(C)(C)c1ncc(Cl)cc1CCN1CCCC1. The van der Waals surface area contributed by atoms with E-state index in [9.17, 15) is 0 Å². The molecule has 2 rings (SSSR count). The maximum absolute atomic E-state index is 6.09. The number of pyridine rings is 1. The lowest BCUT2D eigenvalue weighted by Gasteiger charge is -2.23. The number of hydrogen-bond donors (Lipinski definition) is 0. The molecule has 100 valence electrons. The highest BCUT2D eigenvalue weighted by Crippen LogP contribution is 2.26. The summed E-state index contributed by atoms with van der Waals surface area (Å²) in [6.45, 7) is 10.3. The van der Waals surface area contributed by atoms with Crippen LogP contribution in [0.2, 0.25) is 5.02 Å². The molecule has 1 saturated heterocycles. The van der Waals surface area contributed by atoms with Crippen molar-refractivity contribution in [2.45, 2.75) is 45.4 Å². The van der Waals surface area contributed by atoms with E-state index in [4.69, 9.17) is 11.6 Å². The Hall–Kier alpha value is -0.600. The molecule has 0 radical (unpaired) electrons. The summed E-state index contributed by atoms with van der Waals surface area (Å²) in [5, 5.41) is 0.749. The van der Waals surface area contributed by atoms with Crippen molar-refractivity contribution in [2.75, 3.05) is 19.6 Å². The average Bonchev–Trinajstić information content (AvgIpc) is 2.77. The number of halogens is 1. The Morgan fingerprint density at radius 2 is 1.94 bits per heavy atom. The highest BCUT2D eigenvalue weighted by Gasteiger charge is 2.20. The molecular formula is C15H23ClN2. The first kappa shape index (κ1) is 13.8. The van der Waals surface area contributed by atoms with Gasteiger partial charge in [0.05, 0.1) is 5.02 Å². The molecule has 1 aromatic rings. The summed E-state index contributed by atoms with van der Waals surface area (Å²) in [6.07, 6.45) is 5.52. The van der Waals surface area contributed by atoms with Crippen LogP contribution < -0.4 is 0 Å². The summed E-state index contributed by atoms with van der Waals surface area (Å²) in [5.74, 6) is 0. The molecule has 2 nitrogen and oxygen atoms in total. The Morgan fingerprint density at radius 3 is 2.56 bits per heavy atom. The van der Waals surface area contributed by atoms with Crippen LogP contribution >= 0.6 is 11.6 Å². The van der Waals surface area contributed by atoms with Crippen molar-refractivity contribution in [1.29, 1.82) is 0 Å². The quantitative estimate of drug-likeness (QED) is 0.830. The fourth-order valence-electron chi connectivity index (χ4n) is 2.63. The minimum atomic E-state index is 0.0882. The third-order valence-electron chi connectivity index (χ3n) is 3.54. The molecule has 3 heteroatoms. The molecule has 0 N–H and O–H groups in total. The predicted octanol–water partition coefficient (Wildman–Crippen LogP) is 3.67. The molecule has 0 aromatic carbocycles. The van der Waals surface area contributed by atoms with E-state index in [1.807, 2.05) is 0 Å². The molecule has 1 aliphatic rings. The molecule has 2 heterocycles. The van der Waals surface area contributed by atoms with Crippen molar-refractivity contribution in [3.05, 3.63) is 28.5 Å². The van der Waals surface area contributed by atoms with Gasteiger partial charge in [-0.15, -0.1) is 0 Å². The van der Waals surface area contributed by atoms with Gasteiger partial charge in [0.2, 0.25) is 0 Å². The van der Waals surface area contributed by atoms with Crippen LogP contribution in [0.5, 0.6) is 0 Å². The Bertz CT molecular complexity index is 403. The van der Waals surface area contributed by atoms with E-state index < -0.39 is 0 Å². The van der Waals surface area contributed by atoms with Gasteiger partial charge in [-0.2, -0.15) is 0 Å². The zero-order valence-electron chi connectivity index (χ0n) is 11.7. The van der Waals surface area contributed by atoms with Crippen molar-refractivity contribution >= 4 is 11.6 Å². The van der Waals surface area contributed by atoms with Gasteiger partial charge in [0, 0.05) is 23.9 Å². The standard InChI is InChI=1S/C15H23ClN2/c1-15(2,3)14-12(10-13(16)11-17-14)6-9-18-7-4-5-8-18/h10-11H,4-9H2,1-3H3. The lowest BCUT2D eigenvalue weighted by atomic mass is 9.87. The van der Waals surface area contributed by atoms with E-state index in [0.717, 1.165) is 18.0 Å². The Kier molecular flexibility index (Phi) is 4.29. The molecule has 0 amide bonds. The zero-order valence-corrected chi connectivity index (χ0v) is 12.4. The first-order chi connectivity index (χ1) is 8.47. The number of nitrogens with zero attached hydrogens (tertiary/aromatic N) is 2. The summed E-state index contributed by atoms with van der Waals surface area (Å²) >= 11 is 6.09. The van der Waals surface area contributed by atoms with Gasteiger partial charge in [-0.05, 0) is 44.0 Å². The molecule has 1 aromatic heterocycles. The largest absolute Gasteiger partial charge is 0.303 e. The van der Waals surface area contributed by atoms with Crippen LogP contribution in [0.25, 0.3) is 0 Å². The lowest BCUT2D eigenvalue weighted by Crippen LogP contribution is -2.24. The lowest BCUT2D eigenvalue weighted by molar-refractivity contribution is 0.342. The van der Waals surface area contributed by atoms with Gasteiger partial charge in [-0.3, -0.25) is 4.98 Å². The van der Waals surface area contributed by atoms with Gasteiger partial charge in [-0.25, -0.2) is 0 Å². The minimum Gasteiger partial charge on any atom is -0.303 e. The molecule has 0 unspecified atom stereocenters. The topological polar surface area (TPSA) is 16.1 Å². The second-order valence-corrected chi connectivity index (χ2v) is 6.65. The highest BCUT2D eigenvalue weighted by molar-refractivity contribution is 6.30. The molecule has 0 atom stereocenters. The van der Waals surface area contributed by atoms with Gasteiger partial charge >= 0.3 is 0 Å². The van der Waals surface area contributed by atoms with Gasteiger partial charge in [0.25, 0.3) is 0 Å². The van der Waals surface area contributed by atoms with Gasteiger partial charge in [-0.1, -0.05) is 32.4 Å². The predicted molar refractivity (Wildman–Crippen MR) is 77.3 cm³/mol. The van der Waals surface area contributed by atoms with Crippen LogP contribution in [-0.2, 0) is 11.8 Å². The van der Waals surface area contributed by atoms with E-state index in [0.29, 0.717) is 0 Å². The fourth-order valence-corrected chi connectivity index (χ4v) is 2.81. The molecule has 0 aliphatic carbocycles. The number of likely N-dealkylation sites (tertiary alicyclic amines) is 1. The van der Waals surface area contributed by atoms with Crippen LogP contribution in [0.4, 0.5) is 0 Å².